The highest BCUT2D eigenvalue weighted by atomic mass is 19.4. The summed E-state index contributed by atoms with van der Waals surface area (Å²) in [5, 5.41) is 2.94. The van der Waals surface area contributed by atoms with Crippen molar-refractivity contribution in [2.75, 3.05) is 31.1 Å². The van der Waals surface area contributed by atoms with Gasteiger partial charge in [-0.3, -0.25) is 9.20 Å². The number of nitrogens with zero attached hydrogens (tertiary/aromatic N) is 3. The molecule has 1 amide bonds. The molecule has 1 aliphatic heterocycles. The first-order valence-corrected chi connectivity index (χ1v) is 13.6. The molecule has 210 valence electrons. The van der Waals surface area contributed by atoms with E-state index < -0.39 is 11.7 Å². The van der Waals surface area contributed by atoms with Crippen LogP contribution in [0.4, 0.5) is 18.9 Å². The summed E-state index contributed by atoms with van der Waals surface area (Å²) < 4.78 is 46.2. The Kier molecular flexibility index (Phi) is 8.00. The van der Waals surface area contributed by atoms with Crippen molar-refractivity contribution in [2.45, 2.75) is 45.2 Å². The van der Waals surface area contributed by atoms with Gasteiger partial charge in [0.1, 0.15) is 23.7 Å². The van der Waals surface area contributed by atoms with E-state index >= 15 is 0 Å². The fourth-order valence-electron chi connectivity index (χ4n) is 5.27. The maximum atomic E-state index is 12.9. The molecule has 3 heterocycles. The minimum absolute atomic E-state index is 0.173. The first kappa shape index (κ1) is 27.6. The van der Waals surface area contributed by atoms with Crippen LogP contribution in [-0.4, -0.2) is 41.5 Å². The third-order valence-electron chi connectivity index (χ3n) is 7.45. The van der Waals surface area contributed by atoms with E-state index in [1.807, 2.05) is 60.8 Å². The third-order valence-corrected chi connectivity index (χ3v) is 7.45. The van der Waals surface area contributed by atoms with Gasteiger partial charge in [0.15, 0.2) is 0 Å². The van der Waals surface area contributed by atoms with Gasteiger partial charge < -0.3 is 15.0 Å². The lowest BCUT2D eigenvalue weighted by Gasteiger charge is -2.34. The topological polar surface area (TPSA) is 58.9 Å². The van der Waals surface area contributed by atoms with Gasteiger partial charge in [-0.05, 0) is 85.7 Å². The van der Waals surface area contributed by atoms with Gasteiger partial charge in [0, 0.05) is 25.0 Å². The molecule has 0 saturated carbocycles. The monoisotopic (exact) mass is 550 g/mol. The Labute approximate surface area is 231 Å². The number of benzene rings is 2. The molecule has 0 spiro atoms. The molecule has 2 aromatic carbocycles. The molecule has 40 heavy (non-hydrogen) atoms. The highest BCUT2D eigenvalue weighted by molar-refractivity contribution is 5.94. The maximum absolute atomic E-state index is 12.9. The number of piperidine rings is 1. The van der Waals surface area contributed by atoms with Crippen molar-refractivity contribution in [1.82, 2.24) is 14.7 Å². The summed E-state index contributed by atoms with van der Waals surface area (Å²) in [6.45, 7) is 6.33. The molecule has 4 aromatic rings. The quantitative estimate of drug-likeness (QED) is 0.258. The summed E-state index contributed by atoms with van der Waals surface area (Å²) in [6, 6.07) is 17.3. The summed E-state index contributed by atoms with van der Waals surface area (Å²) in [5.41, 5.74) is 4.58. The van der Waals surface area contributed by atoms with Crippen molar-refractivity contribution in [1.29, 1.82) is 0 Å². The Bertz CT molecular complexity index is 1460. The second kappa shape index (κ2) is 11.6. The van der Waals surface area contributed by atoms with Gasteiger partial charge in [0.05, 0.1) is 17.8 Å². The van der Waals surface area contributed by atoms with Crippen LogP contribution in [0.3, 0.4) is 0 Å². The zero-order valence-corrected chi connectivity index (χ0v) is 22.7. The highest BCUT2D eigenvalue weighted by Crippen LogP contribution is 2.34. The smallest absolute Gasteiger partial charge is 0.416 e. The van der Waals surface area contributed by atoms with Gasteiger partial charge in [-0.25, -0.2) is 4.98 Å². The van der Waals surface area contributed by atoms with E-state index in [1.54, 1.807) is 12.1 Å². The molecule has 0 bridgehead atoms. The lowest BCUT2D eigenvalue weighted by Crippen LogP contribution is -2.32. The number of aromatic nitrogens is 2. The Morgan fingerprint density at radius 1 is 1.02 bits per heavy atom. The molecule has 1 N–H and O–H groups in total. The number of hydrogen-bond donors (Lipinski definition) is 1. The van der Waals surface area contributed by atoms with Crippen LogP contribution in [0.25, 0.3) is 5.65 Å². The number of halogens is 3. The number of fused-ring (bicyclic) bond motifs is 1. The van der Waals surface area contributed by atoms with Crippen molar-refractivity contribution >= 4 is 17.2 Å². The molecule has 0 aliphatic carbocycles. The van der Waals surface area contributed by atoms with Crippen molar-refractivity contribution in [3.63, 3.8) is 0 Å². The van der Waals surface area contributed by atoms with Crippen LogP contribution in [0.5, 0.6) is 5.75 Å². The number of rotatable bonds is 8. The average molecular weight is 551 g/mol. The predicted molar refractivity (Wildman–Crippen MR) is 149 cm³/mol. The van der Waals surface area contributed by atoms with E-state index in [2.05, 4.69) is 15.2 Å². The van der Waals surface area contributed by atoms with Gasteiger partial charge in [-0.1, -0.05) is 25.1 Å². The molecule has 0 radical (unpaired) electrons. The number of carbonyl (C=O) groups is 1. The van der Waals surface area contributed by atoms with Gasteiger partial charge in [-0.15, -0.1) is 0 Å². The Hall–Kier alpha value is -4.01. The molecular formula is C31H33F3N4O2. The van der Waals surface area contributed by atoms with E-state index in [1.165, 1.54) is 12.1 Å². The number of imidazole rings is 1. The summed E-state index contributed by atoms with van der Waals surface area (Å²) in [7, 11) is 0. The molecule has 0 unspecified atom stereocenters. The number of hydrogen-bond acceptors (Lipinski definition) is 4. The Morgan fingerprint density at radius 2 is 1.73 bits per heavy atom. The lowest BCUT2D eigenvalue weighted by atomic mass is 9.89. The lowest BCUT2D eigenvalue weighted by molar-refractivity contribution is -0.137. The Balaban J connectivity index is 1.09. The maximum Gasteiger partial charge on any atom is 0.416 e. The van der Waals surface area contributed by atoms with E-state index in [-0.39, 0.29) is 11.8 Å². The number of ether oxygens (including phenoxy) is 1. The second-order valence-electron chi connectivity index (χ2n) is 10.2. The van der Waals surface area contributed by atoms with Crippen molar-refractivity contribution in [3.8, 4) is 5.75 Å². The summed E-state index contributed by atoms with van der Waals surface area (Å²) in [5.74, 6) is 0.806. The number of nitrogens with one attached hydrogen (secondary N) is 1. The van der Waals surface area contributed by atoms with Crippen LogP contribution in [0, 0.1) is 6.92 Å². The number of amides is 1. The summed E-state index contributed by atoms with van der Waals surface area (Å²) in [6.07, 6.45) is 0.0502. The fraction of sp³-hybridized carbons (Fsp3) is 0.355. The van der Waals surface area contributed by atoms with Crippen LogP contribution in [0.1, 0.15) is 58.6 Å². The van der Waals surface area contributed by atoms with E-state index in [0.717, 1.165) is 59.8 Å². The fourth-order valence-corrected chi connectivity index (χ4v) is 5.27. The molecule has 1 aliphatic rings. The first-order valence-electron chi connectivity index (χ1n) is 13.6. The first-order chi connectivity index (χ1) is 19.2. The molecule has 9 heteroatoms. The van der Waals surface area contributed by atoms with E-state index in [4.69, 9.17) is 4.74 Å². The molecule has 2 aromatic heterocycles. The van der Waals surface area contributed by atoms with Gasteiger partial charge >= 0.3 is 6.18 Å². The normalized spacial score (nSPS) is 14.5. The van der Waals surface area contributed by atoms with Crippen LogP contribution in [-0.2, 0) is 12.6 Å². The molecular weight excluding hydrogens is 517 g/mol. The van der Waals surface area contributed by atoms with Gasteiger partial charge in [-0.2, -0.15) is 13.2 Å². The van der Waals surface area contributed by atoms with E-state index in [0.29, 0.717) is 25.3 Å². The standard InChI is InChI=1S/C31H33F3N4O2/c1-3-27-29(38-20-21(2)4-13-28(38)36-27)30(39)35-16-19-40-26-11-9-25(10-12-26)37-17-14-23(15-18-37)22-5-7-24(8-6-22)31(32,33)34/h4-13,20,23H,3,14-19H2,1-2H3,(H,35,39). The van der Waals surface area contributed by atoms with E-state index in [9.17, 15) is 18.0 Å². The minimum atomic E-state index is -4.31. The zero-order valence-electron chi connectivity index (χ0n) is 22.7. The number of carbonyl (C=O) groups excluding carboxylic acids is 1. The second-order valence-corrected chi connectivity index (χ2v) is 10.2. The predicted octanol–water partition coefficient (Wildman–Crippen LogP) is 6.42. The number of aryl methyl sites for hydroxylation is 2. The largest absolute Gasteiger partial charge is 0.492 e. The third kappa shape index (κ3) is 6.08. The van der Waals surface area contributed by atoms with Crippen LogP contribution in [0.2, 0.25) is 0 Å². The number of anilines is 1. The summed E-state index contributed by atoms with van der Waals surface area (Å²) in [4.78, 5) is 19.8. The SMILES string of the molecule is CCc1nc2ccc(C)cn2c1C(=O)NCCOc1ccc(N2CCC(c3ccc(C(F)(F)F)cc3)CC2)cc1. The molecule has 0 atom stereocenters. The van der Waals surface area contributed by atoms with Crippen molar-refractivity contribution < 1.29 is 22.7 Å². The number of alkyl halides is 3. The van der Waals surface area contributed by atoms with Crippen LogP contribution < -0.4 is 15.0 Å². The van der Waals surface area contributed by atoms with Crippen molar-refractivity contribution in [2.24, 2.45) is 0 Å². The molecule has 5 rings (SSSR count). The van der Waals surface area contributed by atoms with Crippen LogP contribution >= 0.6 is 0 Å². The van der Waals surface area contributed by atoms with Gasteiger partial charge in [0.2, 0.25) is 0 Å². The molecule has 1 saturated heterocycles. The Morgan fingerprint density at radius 3 is 2.38 bits per heavy atom. The zero-order chi connectivity index (χ0) is 28.3. The number of pyridine rings is 1. The van der Waals surface area contributed by atoms with Crippen molar-refractivity contribution in [3.05, 3.63) is 94.9 Å². The highest BCUT2D eigenvalue weighted by Gasteiger charge is 2.30. The molecule has 6 nitrogen and oxygen atoms in total. The van der Waals surface area contributed by atoms with Gasteiger partial charge in [0.25, 0.3) is 5.91 Å². The molecule has 1 fully saturated rings. The average Bonchev–Trinajstić information content (AvgIpc) is 3.33. The summed E-state index contributed by atoms with van der Waals surface area (Å²) >= 11 is 0. The van der Waals surface area contributed by atoms with Crippen LogP contribution in [0.15, 0.2) is 66.9 Å². The minimum Gasteiger partial charge on any atom is -0.492 e.